The van der Waals surface area contributed by atoms with Crippen molar-refractivity contribution in [2.45, 2.75) is 50.7 Å². The smallest absolute Gasteiger partial charge is 0.294 e. The first-order chi connectivity index (χ1) is 8.90. The summed E-state index contributed by atoms with van der Waals surface area (Å²) in [5, 5.41) is 9.44. The van der Waals surface area contributed by atoms with Gasteiger partial charge >= 0.3 is 0 Å². The van der Waals surface area contributed by atoms with E-state index in [-0.39, 0.29) is 30.9 Å². The molecule has 0 aliphatic heterocycles. The molecule has 0 heterocycles. The number of nitrogens with two attached hydrogens (primary N) is 1. The van der Waals surface area contributed by atoms with Crippen LogP contribution in [0.2, 0.25) is 0 Å². The highest BCUT2D eigenvalue weighted by Crippen LogP contribution is 2.24. The van der Waals surface area contributed by atoms with E-state index in [1.807, 2.05) is 0 Å². The van der Waals surface area contributed by atoms with E-state index in [0.717, 1.165) is 0 Å². The Labute approximate surface area is 111 Å². The van der Waals surface area contributed by atoms with E-state index in [2.05, 4.69) is 4.84 Å². The Balaban J connectivity index is 2.35. The monoisotopic (exact) mass is 273 g/mol. The Kier molecular flexibility index (Phi) is 5.53. The van der Waals surface area contributed by atoms with Gasteiger partial charge in [0, 0.05) is 25.9 Å². The summed E-state index contributed by atoms with van der Waals surface area (Å²) < 4.78 is 0. The van der Waals surface area contributed by atoms with Gasteiger partial charge in [-0.15, -0.1) is 10.1 Å². The molecular weight excluding hydrogens is 254 g/mol. The van der Waals surface area contributed by atoms with Gasteiger partial charge in [-0.2, -0.15) is 0 Å². The third-order valence-corrected chi connectivity index (χ3v) is 3.41. The molecule has 1 aliphatic carbocycles. The van der Waals surface area contributed by atoms with Gasteiger partial charge in [-0.05, 0) is 25.7 Å². The minimum Gasteiger partial charge on any atom is -0.370 e. The van der Waals surface area contributed by atoms with Crippen molar-refractivity contribution in [3.05, 3.63) is 10.1 Å². The van der Waals surface area contributed by atoms with Crippen molar-refractivity contribution in [2.24, 2.45) is 5.73 Å². The second-order valence-electron chi connectivity index (χ2n) is 4.73. The molecule has 0 radical (unpaired) electrons. The molecule has 0 bridgehead atoms. The Morgan fingerprint density at radius 3 is 2.37 bits per heavy atom. The number of rotatable bonds is 6. The fourth-order valence-corrected chi connectivity index (χ4v) is 2.27. The first-order valence-electron chi connectivity index (χ1n) is 6.25. The van der Waals surface area contributed by atoms with Gasteiger partial charge < -0.3 is 15.5 Å². The van der Waals surface area contributed by atoms with Gasteiger partial charge in [0.1, 0.15) is 6.10 Å². The van der Waals surface area contributed by atoms with Crippen molar-refractivity contribution in [2.75, 3.05) is 7.05 Å². The molecule has 0 aromatic heterocycles. The van der Waals surface area contributed by atoms with Crippen LogP contribution < -0.4 is 5.73 Å². The summed E-state index contributed by atoms with van der Waals surface area (Å²) in [6.07, 6.45) is 2.22. The Hall–Kier alpha value is -1.86. The Morgan fingerprint density at radius 2 is 1.89 bits per heavy atom. The molecule has 1 fully saturated rings. The zero-order chi connectivity index (χ0) is 14.4. The molecule has 0 saturated heterocycles. The molecule has 0 unspecified atom stereocenters. The van der Waals surface area contributed by atoms with E-state index < -0.39 is 11.0 Å². The number of amides is 2. The molecule has 0 spiro atoms. The molecule has 0 aromatic carbocycles. The Bertz CT molecular complexity index is 352. The second-order valence-corrected chi connectivity index (χ2v) is 4.73. The first-order valence-corrected chi connectivity index (χ1v) is 6.25. The highest BCUT2D eigenvalue weighted by Gasteiger charge is 2.28. The first kappa shape index (κ1) is 15.2. The van der Waals surface area contributed by atoms with Crippen LogP contribution in [0.15, 0.2) is 0 Å². The van der Waals surface area contributed by atoms with Crippen LogP contribution in [0, 0.1) is 10.1 Å². The maximum absolute atomic E-state index is 11.8. The topological polar surface area (TPSA) is 116 Å². The van der Waals surface area contributed by atoms with Crippen LogP contribution in [-0.4, -0.2) is 41.0 Å². The van der Waals surface area contributed by atoms with Crippen molar-refractivity contribution in [3.8, 4) is 0 Å². The van der Waals surface area contributed by atoms with Crippen LogP contribution in [-0.2, 0) is 14.4 Å². The average Bonchev–Trinajstić information content (AvgIpc) is 2.35. The normalized spacial score (nSPS) is 22.6. The molecule has 1 rings (SSSR count). The van der Waals surface area contributed by atoms with Crippen molar-refractivity contribution in [3.63, 3.8) is 0 Å². The maximum Gasteiger partial charge on any atom is 0.294 e. The van der Waals surface area contributed by atoms with Crippen molar-refractivity contribution in [1.82, 2.24) is 4.90 Å². The molecule has 0 atom stereocenters. The lowest BCUT2D eigenvalue weighted by Crippen LogP contribution is -2.41. The molecule has 19 heavy (non-hydrogen) atoms. The summed E-state index contributed by atoms with van der Waals surface area (Å²) in [6.45, 7) is 0. The lowest BCUT2D eigenvalue weighted by molar-refractivity contribution is -0.769. The SMILES string of the molecule is CN(C(=O)CCC(N)=O)C1CCC(O[N+](=O)[O-])CC1. The summed E-state index contributed by atoms with van der Waals surface area (Å²) in [6, 6.07) is 0.0481. The number of hydrogen-bond acceptors (Lipinski definition) is 5. The van der Waals surface area contributed by atoms with Crippen LogP contribution in [0.5, 0.6) is 0 Å². The van der Waals surface area contributed by atoms with Gasteiger partial charge in [0.2, 0.25) is 11.8 Å². The number of primary amides is 1. The number of carbonyl (C=O) groups is 2. The van der Waals surface area contributed by atoms with Gasteiger partial charge in [0.05, 0.1) is 0 Å². The van der Waals surface area contributed by atoms with Crippen molar-refractivity contribution in [1.29, 1.82) is 0 Å². The lowest BCUT2D eigenvalue weighted by Gasteiger charge is -2.33. The summed E-state index contributed by atoms with van der Waals surface area (Å²) >= 11 is 0. The summed E-state index contributed by atoms with van der Waals surface area (Å²) in [4.78, 5) is 38.7. The van der Waals surface area contributed by atoms with Crippen molar-refractivity contribution >= 4 is 11.8 Å². The molecular formula is C11H19N3O5. The molecule has 1 saturated carbocycles. The highest BCUT2D eigenvalue weighted by atomic mass is 17.0. The van der Waals surface area contributed by atoms with E-state index in [0.29, 0.717) is 25.7 Å². The van der Waals surface area contributed by atoms with Gasteiger partial charge in [0.25, 0.3) is 5.09 Å². The van der Waals surface area contributed by atoms with Crippen LogP contribution in [0.25, 0.3) is 0 Å². The molecule has 108 valence electrons. The third kappa shape index (κ3) is 5.11. The number of carbonyl (C=O) groups excluding carboxylic acids is 2. The van der Waals surface area contributed by atoms with Crippen LogP contribution in [0.1, 0.15) is 38.5 Å². The minimum atomic E-state index is -0.771. The van der Waals surface area contributed by atoms with Gasteiger partial charge in [-0.3, -0.25) is 9.59 Å². The number of nitrogens with zero attached hydrogens (tertiary/aromatic N) is 2. The Morgan fingerprint density at radius 1 is 1.32 bits per heavy atom. The zero-order valence-corrected chi connectivity index (χ0v) is 10.9. The van der Waals surface area contributed by atoms with Crippen LogP contribution in [0.4, 0.5) is 0 Å². The van der Waals surface area contributed by atoms with Crippen LogP contribution in [0.3, 0.4) is 0 Å². The van der Waals surface area contributed by atoms with Gasteiger partial charge in [-0.1, -0.05) is 0 Å². The largest absolute Gasteiger partial charge is 0.370 e. The third-order valence-electron chi connectivity index (χ3n) is 3.41. The van der Waals surface area contributed by atoms with Crippen molar-refractivity contribution < 1.29 is 19.5 Å². The van der Waals surface area contributed by atoms with E-state index in [1.54, 1.807) is 11.9 Å². The fourth-order valence-electron chi connectivity index (χ4n) is 2.27. The molecule has 8 nitrogen and oxygen atoms in total. The summed E-state index contributed by atoms with van der Waals surface area (Å²) in [5.74, 6) is -0.623. The highest BCUT2D eigenvalue weighted by molar-refractivity contribution is 5.82. The van der Waals surface area contributed by atoms with E-state index in [9.17, 15) is 19.7 Å². The predicted molar refractivity (Wildman–Crippen MR) is 65.3 cm³/mol. The zero-order valence-electron chi connectivity index (χ0n) is 10.9. The summed E-state index contributed by atoms with van der Waals surface area (Å²) in [5.41, 5.74) is 4.99. The summed E-state index contributed by atoms with van der Waals surface area (Å²) in [7, 11) is 1.68. The van der Waals surface area contributed by atoms with Gasteiger partial charge in [0.15, 0.2) is 0 Å². The molecule has 8 heteroatoms. The van der Waals surface area contributed by atoms with Gasteiger partial charge in [-0.25, -0.2) is 0 Å². The van der Waals surface area contributed by atoms with E-state index >= 15 is 0 Å². The second kappa shape index (κ2) is 6.91. The quantitative estimate of drug-likeness (QED) is 0.549. The standard InChI is InChI=1S/C11H19N3O5/c1-13(11(16)7-6-10(12)15)8-2-4-9(5-3-8)19-14(17)18/h8-9H,2-7H2,1H3,(H2,12,15). The molecule has 2 N–H and O–H groups in total. The van der Waals surface area contributed by atoms with Crippen LogP contribution >= 0.6 is 0 Å². The van der Waals surface area contributed by atoms with E-state index in [1.165, 1.54) is 0 Å². The maximum atomic E-state index is 11.8. The molecule has 2 amide bonds. The fraction of sp³-hybridized carbons (Fsp3) is 0.818. The number of hydrogen-bond donors (Lipinski definition) is 1. The average molecular weight is 273 g/mol. The molecule has 1 aliphatic rings. The predicted octanol–water partition coefficient (Wildman–Crippen LogP) is 0.230. The lowest BCUT2D eigenvalue weighted by atomic mass is 9.92. The van der Waals surface area contributed by atoms with E-state index in [4.69, 9.17) is 5.73 Å². The minimum absolute atomic E-state index is 0.0446. The molecule has 0 aromatic rings.